The normalized spacial score (nSPS) is 12.1. The van der Waals surface area contributed by atoms with Crippen LogP contribution in [0.3, 0.4) is 0 Å². The second-order valence-corrected chi connectivity index (χ2v) is 3.40. The standard InChI is InChI=1S/C11H15NO3/c1-3-7(2)15-11(14)9-5-4-8(12)6-10(9)13/h4-7,13H,3,12H2,1-2H3. The SMILES string of the molecule is CCC(C)OC(=O)c1ccc(N)cc1O. The van der Waals surface area contributed by atoms with E-state index in [2.05, 4.69) is 0 Å². The van der Waals surface area contributed by atoms with Gasteiger partial charge >= 0.3 is 5.97 Å². The van der Waals surface area contributed by atoms with Crippen LogP contribution in [0.2, 0.25) is 0 Å². The van der Waals surface area contributed by atoms with Crippen molar-refractivity contribution in [1.82, 2.24) is 0 Å². The third kappa shape index (κ3) is 2.87. The number of nitrogens with two attached hydrogens (primary N) is 1. The molecular formula is C11H15NO3. The molecule has 1 aromatic rings. The minimum absolute atomic E-state index is 0.143. The summed E-state index contributed by atoms with van der Waals surface area (Å²) in [7, 11) is 0. The van der Waals surface area contributed by atoms with Crippen molar-refractivity contribution in [3.63, 3.8) is 0 Å². The number of esters is 1. The van der Waals surface area contributed by atoms with Gasteiger partial charge < -0.3 is 15.6 Å². The maximum absolute atomic E-state index is 11.5. The van der Waals surface area contributed by atoms with Crippen LogP contribution in [0, 0.1) is 0 Å². The van der Waals surface area contributed by atoms with Crippen LogP contribution in [-0.4, -0.2) is 17.2 Å². The Labute approximate surface area is 88.7 Å². The van der Waals surface area contributed by atoms with Crippen LogP contribution in [0.5, 0.6) is 5.75 Å². The lowest BCUT2D eigenvalue weighted by Gasteiger charge is -2.11. The molecule has 1 rings (SSSR count). The molecule has 0 heterocycles. The molecule has 0 aliphatic carbocycles. The van der Waals surface area contributed by atoms with E-state index < -0.39 is 5.97 Å². The Morgan fingerprint density at radius 3 is 2.80 bits per heavy atom. The molecule has 0 saturated carbocycles. The van der Waals surface area contributed by atoms with E-state index in [0.29, 0.717) is 5.69 Å². The van der Waals surface area contributed by atoms with Gasteiger partial charge in [0.2, 0.25) is 0 Å². The lowest BCUT2D eigenvalue weighted by molar-refractivity contribution is 0.0331. The van der Waals surface area contributed by atoms with Crippen LogP contribution >= 0.6 is 0 Å². The molecule has 0 aromatic heterocycles. The molecule has 0 saturated heterocycles. The maximum atomic E-state index is 11.5. The van der Waals surface area contributed by atoms with E-state index in [1.807, 2.05) is 6.92 Å². The molecule has 15 heavy (non-hydrogen) atoms. The second-order valence-electron chi connectivity index (χ2n) is 3.40. The molecule has 0 amide bonds. The number of aromatic hydroxyl groups is 1. The van der Waals surface area contributed by atoms with E-state index in [-0.39, 0.29) is 17.4 Å². The van der Waals surface area contributed by atoms with Gasteiger partial charge in [-0.1, -0.05) is 6.92 Å². The fourth-order valence-corrected chi connectivity index (χ4v) is 1.05. The van der Waals surface area contributed by atoms with Crippen molar-refractivity contribution in [3.8, 4) is 5.75 Å². The molecule has 82 valence electrons. The molecule has 0 bridgehead atoms. The molecule has 4 nitrogen and oxygen atoms in total. The average Bonchev–Trinajstić information content (AvgIpc) is 2.17. The quantitative estimate of drug-likeness (QED) is 0.589. The number of hydrogen-bond donors (Lipinski definition) is 2. The summed E-state index contributed by atoms with van der Waals surface area (Å²) in [6.45, 7) is 3.72. The smallest absolute Gasteiger partial charge is 0.342 e. The molecule has 1 unspecified atom stereocenters. The summed E-state index contributed by atoms with van der Waals surface area (Å²) in [5.41, 5.74) is 6.00. The van der Waals surface area contributed by atoms with Crippen molar-refractivity contribution >= 4 is 11.7 Å². The third-order valence-corrected chi connectivity index (χ3v) is 2.12. The predicted molar refractivity (Wildman–Crippen MR) is 57.7 cm³/mol. The van der Waals surface area contributed by atoms with Crippen LogP contribution in [0.15, 0.2) is 18.2 Å². The number of nitrogen functional groups attached to an aromatic ring is 1. The first-order valence-corrected chi connectivity index (χ1v) is 4.84. The van der Waals surface area contributed by atoms with Crippen molar-refractivity contribution in [3.05, 3.63) is 23.8 Å². The van der Waals surface area contributed by atoms with Gasteiger partial charge in [-0.2, -0.15) is 0 Å². The molecule has 0 fully saturated rings. The topological polar surface area (TPSA) is 72.5 Å². The number of phenolic OH excluding ortho intramolecular Hbond substituents is 1. The van der Waals surface area contributed by atoms with Crippen molar-refractivity contribution in [1.29, 1.82) is 0 Å². The largest absolute Gasteiger partial charge is 0.507 e. The Hall–Kier alpha value is -1.71. The lowest BCUT2D eigenvalue weighted by Crippen LogP contribution is -2.14. The van der Waals surface area contributed by atoms with E-state index in [1.165, 1.54) is 12.1 Å². The first-order valence-electron chi connectivity index (χ1n) is 4.84. The summed E-state index contributed by atoms with van der Waals surface area (Å²) in [6, 6.07) is 4.33. The number of phenols is 1. The molecule has 4 heteroatoms. The second kappa shape index (κ2) is 4.68. The summed E-state index contributed by atoms with van der Waals surface area (Å²) >= 11 is 0. The number of carbonyl (C=O) groups excluding carboxylic acids is 1. The highest BCUT2D eigenvalue weighted by atomic mass is 16.5. The number of hydrogen-bond acceptors (Lipinski definition) is 4. The summed E-state index contributed by atoms with van der Waals surface area (Å²) in [5.74, 6) is -0.676. The zero-order chi connectivity index (χ0) is 11.4. The van der Waals surface area contributed by atoms with Crippen molar-refractivity contribution in [2.75, 3.05) is 5.73 Å². The minimum Gasteiger partial charge on any atom is -0.507 e. The molecule has 1 atom stereocenters. The molecule has 0 aliphatic heterocycles. The van der Waals surface area contributed by atoms with Gasteiger partial charge in [-0.3, -0.25) is 0 Å². The van der Waals surface area contributed by atoms with Crippen molar-refractivity contribution < 1.29 is 14.6 Å². The minimum atomic E-state index is -0.526. The van der Waals surface area contributed by atoms with Gasteiger partial charge in [-0.05, 0) is 25.5 Å². The Balaban J connectivity index is 2.82. The van der Waals surface area contributed by atoms with Gasteiger partial charge in [0.15, 0.2) is 0 Å². The summed E-state index contributed by atoms with van der Waals surface area (Å²) < 4.78 is 5.07. The third-order valence-electron chi connectivity index (χ3n) is 2.12. The lowest BCUT2D eigenvalue weighted by atomic mass is 10.2. The molecular weight excluding hydrogens is 194 g/mol. The van der Waals surface area contributed by atoms with Crippen LogP contribution in [0.4, 0.5) is 5.69 Å². The molecule has 0 aliphatic rings. The first kappa shape index (κ1) is 11.4. The summed E-state index contributed by atoms with van der Waals surface area (Å²) in [6.07, 6.45) is 0.580. The van der Waals surface area contributed by atoms with Crippen molar-refractivity contribution in [2.45, 2.75) is 26.4 Å². The van der Waals surface area contributed by atoms with Crippen LogP contribution < -0.4 is 5.73 Å². The van der Waals surface area contributed by atoms with E-state index in [0.717, 1.165) is 6.42 Å². The highest BCUT2D eigenvalue weighted by Gasteiger charge is 2.14. The first-order chi connectivity index (χ1) is 7.04. The van der Waals surface area contributed by atoms with Gasteiger partial charge in [-0.25, -0.2) is 4.79 Å². The fourth-order valence-electron chi connectivity index (χ4n) is 1.05. The molecule has 1 aromatic carbocycles. The molecule has 0 spiro atoms. The van der Waals surface area contributed by atoms with Crippen LogP contribution in [0.25, 0.3) is 0 Å². The van der Waals surface area contributed by atoms with Gasteiger partial charge in [-0.15, -0.1) is 0 Å². The van der Waals surface area contributed by atoms with Crippen LogP contribution in [0.1, 0.15) is 30.6 Å². The Morgan fingerprint density at radius 2 is 2.27 bits per heavy atom. The molecule has 0 radical (unpaired) electrons. The highest BCUT2D eigenvalue weighted by molar-refractivity contribution is 5.93. The van der Waals surface area contributed by atoms with E-state index in [9.17, 15) is 9.90 Å². The predicted octanol–water partition coefficient (Wildman–Crippen LogP) is 1.93. The number of anilines is 1. The van der Waals surface area contributed by atoms with Gasteiger partial charge in [0, 0.05) is 11.8 Å². The van der Waals surface area contributed by atoms with E-state index in [4.69, 9.17) is 10.5 Å². The Kier molecular flexibility index (Phi) is 3.55. The summed E-state index contributed by atoms with van der Waals surface area (Å²) in [4.78, 5) is 11.5. The number of carbonyl (C=O) groups is 1. The van der Waals surface area contributed by atoms with E-state index in [1.54, 1.807) is 13.0 Å². The van der Waals surface area contributed by atoms with Crippen molar-refractivity contribution in [2.24, 2.45) is 0 Å². The molecule has 3 N–H and O–H groups in total. The van der Waals surface area contributed by atoms with Gasteiger partial charge in [0.05, 0.1) is 6.10 Å². The van der Waals surface area contributed by atoms with Crippen LogP contribution in [-0.2, 0) is 4.74 Å². The highest BCUT2D eigenvalue weighted by Crippen LogP contribution is 2.21. The van der Waals surface area contributed by atoms with Gasteiger partial charge in [0.1, 0.15) is 11.3 Å². The number of benzene rings is 1. The zero-order valence-corrected chi connectivity index (χ0v) is 8.86. The Morgan fingerprint density at radius 1 is 1.60 bits per heavy atom. The maximum Gasteiger partial charge on any atom is 0.342 e. The monoisotopic (exact) mass is 209 g/mol. The zero-order valence-electron chi connectivity index (χ0n) is 8.86. The number of rotatable bonds is 3. The summed E-state index contributed by atoms with van der Waals surface area (Å²) in [5, 5.41) is 9.47. The number of ether oxygens (including phenoxy) is 1. The average molecular weight is 209 g/mol. The van der Waals surface area contributed by atoms with E-state index >= 15 is 0 Å². The van der Waals surface area contributed by atoms with Gasteiger partial charge in [0.25, 0.3) is 0 Å². The fraction of sp³-hybridized carbons (Fsp3) is 0.364. The Bertz CT molecular complexity index is 363.